The summed E-state index contributed by atoms with van der Waals surface area (Å²) in [4.78, 5) is 48.3. The largest absolute Gasteiger partial charge is 0.479 e. The Morgan fingerprint density at radius 2 is 1.76 bits per heavy atom. The number of aliphatic hydroxyl groups excluding tert-OH is 2. The van der Waals surface area contributed by atoms with E-state index in [9.17, 15) is 27.6 Å². The Labute approximate surface area is 116 Å². The van der Waals surface area contributed by atoms with Crippen LogP contribution in [0.15, 0.2) is 0 Å². The lowest BCUT2D eigenvalue weighted by Crippen LogP contribution is -2.45. The number of imide groups is 1. The third-order valence-corrected chi connectivity index (χ3v) is 3.48. The highest BCUT2D eigenvalue weighted by Crippen LogP contribution is 2.20. The van der Waals surface area contributed by atoms with Crippen LogP contribution in [0.4, 0.5) is 0 Å². The molecule has 0 bridgehead atoms. The molecule has 0 aromatic carbocycles. The zero-order chi connectivity index (χ0) is 16.5. The number of rotatable bonds is 5. The van der Waals surface area contributed by atoms with Gasteiger partial charge < -0.3 is 20.2 Å². The maximum Gasteiger partial charge on any atom is 0.364 e. The van der Waals surface area contributed by atoms with E-state index in [1.807, 2.05) is 0 Å². The molecule has 1 saturated heterocycles. The molecular weight excluding hydrogens is 318 g/mol. The summed E-state index contributed by atoms with van der Waals surface area (Å²) in [7, 11) is -4.91. The predicted octanol–water partition coefficient (Wildman–Crippen LogP) is -3.73. The molecule has 1 heterocycles. The van der Waals surface area contributed by atoms with Gasteiger partial charge in [-0.05, 0) is 0 Å². The van der Waals surface area contributed by atoms with Crippen molar-refractivity contribution in [2.75, 3.05) is 0 Å². The summed E-state index contributed by atoms with van der Waals surface area (Å²) in [5, 5.41) is 23.8. The first-order chi connectivity index (χ1) is 9.46. The molecule has 0 aromatic heterocycles. The van der Waals surface area contributed by atoms with Crippen molar-refractivity contribution < 1.29 is 52.3 Å². The number of hydroxylamine groups is 2. The van der Waals surface area contributed by atoms with Gasteiger partial charge in [0.1, 0.15) is 0 Å². The van der Waals surface area contributed by atoms with Gasteiger partial charge >= 0.3 is 11.9 Å². The number of carboxylic acid groups (broad SMARTS) is 1. The molecule has 0 radical (unpaired) electrons. The van der Waals surface area contributed by atoms with Gasteiger partial charge in [0.25, 0.3) is 21.9 Å². The number of hydrogen-bond donors (Lipinski definition) is 4. The molecule has 1 fully saturated rings. The molecule has 2 amide bonds. The third-order valence-electron chi connectivity index (χ3n) is 2.40. The molecule has 3 atom stereocenters. The molecule has 12 nitrogen and oxygen atoms in total. The zero-order valence-electron chi connectivity index (χ0n) is 9.94. The normalized spacial score (nSPS) is 22.0. The molecule has 0 aromatic rings. The first-order valence-corrected chi connectivity index (χ1v) is 6.61. The monoisotopic (exact) mass is 327 g/mol. The second kappa shape index (κ2) is 5.72. The highest BCUT2D eigenvalue weighted by Gasteiger charge is 2.49. The van der Waals surface area contributed by atoms with Gasteiger partial charge in [-0.1, -0.05) is 0 Å². The highest BCUT2D eigenvalue weighted by molar-refractivity contribution is 7.87. The Kier molecular flexibility index (Phi) is 4.62. The van der Waals surface area contributed by atoms with Crippen LogP contribution in [0, 0.1) is 0 Å². The molecule has 3 unspecified atom stereocenters. The predicted molar refractivity (Wildman–Crippen MR) is 57.5 cm³/mol. The van der Waals surface area contributed by atoms with E-state index in [0.717, 1.165) is 0 Å². The number of carboxylic acids is 1. The second-order valence-electron chi connectivity index (χ2n) is 3.87. The van der Waals surface area contributed by atoms with Crippen molar-refractivity contribution in [3.8, 4) is 0 Å². The van der Waals surface area contributed by atoms with E-state index >= 15 is 0 Å². The summed E-state index contributed by atoms with van der Waals surface area (Å²) in [6, 6.07) is 0. The first kappa shape index (κ1) is 17.0. The number of amides is 2. The van der Waals surface area contributed by atoms with Crippen molar-refractivity contribution in [3.05, 3.63) is 0 Å². The molecule has 13 heteroatoms. The van der Waals surface area contributed by atoms with Crippen LogP contribution in [0.2, 0.25) is 0 Å². The second-order valence-corrected chi connectivity index (χ2v) is 5.47. The van der Waals surface area contributed by atoms with Crippen molar-refractivity contribution in [2.45, 2.75) is 23.9 Å². The average molecular weight is 327 g/mol. The van der Waals surface area contributed by atoms with Crippen LogP contribution in [0.5, 0.6) is 0 Å². The number of carbonyl (C=O) groups excluding carboxylic acids is 3. The maximum absolute atomic E-state index is 11.5. The maximum atomic E-state index is 11.5. The van der Waals surface area contributed by atoms with Crippen LogP contribution in [0.1, 0.15) is 6.42 Å². The van der Waals surface area contributed by atoms with E-state index in [1.54, 1.807) is 0 Å². The lowest BCUT2D eigenvalue weighted by atomic mass is 10.2. The molecule has 1 rings (SSSR count). The minimum atomic E-state index is -4.91. The fourth-order valence-electron chi connectivity index (χ4n) is 1.32. The quantitative estimate of drug-likeness (QED) is 0.286. The number of hydrogen-bond acceptors (Lipinski definition) is 9. The number of aliphatic hydroxyl groups is 2. The van der Waals surface area contributed by atoms with Gasteiger partial charge in [-0.2, -0.15) is 8.42 Å². The molecule has 118 valence electrons. The minimum absolute atomic E-state index is 0.335. The lowest BCUT2D eigenvalue weighted by molar-refractivity contribution is -0.207. The van der Waals surface area contributed by atoms with Gasteiger partial charge in [0.15, 0.2) is 17.5 Å². The summed E-state index contributed by atoms with van der Waals surface area (Å²) in [6.07, 6.45) is -6.20. The van der Waals surface area contributed by atoms with E-state index in [0.29, 0.717) is 0 Å². The number of nitrogens with zero attached hydrogens (tertiary/aromatic N) is 1. The molecule has 21 heavy (non-hydrogen) atoms. The van der Waals surface area contributed by atoms with Crippen molar-refractivity contribution in [3.63, 3.8) is 0 Å². The average Bonchev–Trinajstić information content (AvgIpc) is 2.64. The fraction of sp³-hybridized carbons (Fsp3) is 0.500. The summed E-state index contributed by atoms with van der Waals surface area (Å²) >= 11 is 0. The first-order valence-electron chi connectivity index (χ1n) is 5.10. The Hall–Kier alpha value is -2.09. The highest BCUT2D eigenvalue weighted by atomic mass is 32.2. The van der Waals surface area contributed by atoms with Crippen molar-refractivity contribution in [1.29, 1.82) is 0 Å². The number of carbonyl (C=O) groups is 4. The molecule has 4 N–H and O–H groups in total. The zero-order valence-corrected chi connectivity index (χ0v) is 10.8. The number of aliphatic carboxylic acids is 1. The molecular formula is C8H9NO11S. The van der Waals surface area contributed by atoms with Crippen LogP contribution in [-0.2, 0) is 34.1 Å². The van der Waals surface area contributed by atoms with Crippen LogP contribution >= 0.6 is 0 Å². The van der Waals surface area contributed by atoms with E-state index in [2.05, 4.69) is 4.84 Å². The Balaban J connectivity index is 2.84. The van der Waals surface area contributed by atoms with E-state index < -0.39 is 57.7 Å². The van der Waals surface area contributed by atoms with Gasteiger partial charge in [-0.3, -0.25) is 14.1 Å². The van der Waals surface area contributed by atoms with Gasteiger partial charge in [0.05, 0.1) is 6.42 Å². The Morgan fingerprint density at radius 3 is 2.14 bits per heavy atom. The summed E-state index contributed by atoms with van der Waals surface area (Å²) in [5.41, 5.74) is 0. The minimum Gasteiger partial charge on any atom is -0.479 e. The summed E-state index contributed by atoms with van der Waals surface area (Å²) in [5.74, 6) is -6.75. The standard InChI is InChI=1S/C8H9NO11S/c10-3-1-2(21(17,18)19)6(13)9(3)20-8(16)5(12)4(11)7(14)15/h2,4-5,11-12H,1H2,(H,14,15)(H,17,18,19). The molecule has 0 spiro atoms. The van der Waals surface area contributed by atoms with Crippen molar-refractivity contribution in [1.82, 2.24) is 5.06 Å². The van der Waals surface area contributed by atoms with Crippen molar-refractivity contribution in [2.24, 2.45) is 0 Å². The van der Waals surface area contributed by atoms with Crippen LogP contribution in [0.3, 0.4) is 0 Å². The van der Waals surface area contributed by atoms with Gasteiger partial charge in [-0.25, -0.2) is 9.59 Å². The Morgan fingerprint density at radius 1 is 1.24 bits per heavy atom. The molecule has 1 aliphatic rings. The van der Waals surface area contributed by atoms with Crippen LogP contribution < -0.4 is 0 Å². The SMILES string of the molecule is O=C(O)C(O)C(O)C(=O)ON1C(=O)CC(S(=O)(=O)O)C1=O. The van der Waals surface area contributed by atoms with E-state index in [1.165, 1.54) is 0 Å². The molecule has 0 aliphatic carbocycles. The van der Waals surface area contributed by atoms with E-state index in [-0.39, 0.29) is 5.06 Å². The molecule has 0 saturated carbocycles. The smallest absolute Gasteiger partial charge is 0.364 e. The van der Waals surface area contributed by atoms with Crippen LogP contribution in [-0.4, -0.2) is 74.6 Å². The Bertz CT molecular complexity index is 595. The van der Waals surface area contributed by atoms with E-state index in [4.69, 9.17) is 19.9 Å². The topological polar surface area (TPSA) is 196 Å². The van der Waals surface area contributed by atoms with Crippen molar-refractivity contribution >= 4 is 33.9 Å². The third kappa shape index (κ3) is 3.52. The van der Waals surface area contributed by atoms with Gasteiger partial charge in [-0.15, -0.1) is 5.06 Å². The van der Waals surface area contributed by atoms with Crippen LogP contribution in [0.25, 0.3) is 0 Å². The van der Waals surface area contributed by atoms with Gasteiger partial charge in [0, 0.05) is 0 Å². The summed E-state index contributed by atoms with van der Waals surface area (Å²) < 4.78 is 30.3. The summed E-state index contributed by atoms with van der Waals surface area (Å²) in [6.45, 7) is 0. The fourth-order valence-corrected chi connectivity index (χ4v) is 2.02. The lowest BCUT2D eigenvalue weighted by Gasteiger charge is -2.17. The van der Waals surface area contributed by atoms with Gasteiger partial charge in [0.2, 0.25) is 0 Å². The molecule has 1 aliphatic heterocycles.